The average Bonchev–Trinajstić information content (AvgIpc) is 2.46. The molecule has 0 atom stereocenters. The first kappa shape index (κ1) is 15.7. The molecule has 0 aromatic heterocycles. The van der Waals surface area contributed by atoms with Crippen molar-refractivity contribution in [2.24, 2.45) is 10.8 Å². The number of nitrogens with two attached hydrogens (primary N) is 1. The second-order valence-electron chi connectivity index (χ2n) is 4.62. The molecule has 0 aliphatic heterocycles. The van der Waals surface area contributed by atoms with Crippen molar-refractivity contribution in [3.63, 3.8) is 0 Å². The van der Waals surface area contributed by atoms with Gasteiger partial charge in [-0.05, 0) is 35.5 Å². The van der Waals surface area contributed by atoms with Gasteiger partial charge in [-0.25, -0.2) is 0 Å². The van der Waals surface area contributed by atoms with Crippen LogP contribution >= 0.6 is 28.1 Å². The molecule has 0 fully saturated rings. The van der Waals surface area contributed by atoms with Crippen LogP contribution in [0.2, 0.25) is 0 Å². The van der Waals surface area contributed by atoms with Gasteiger partial charge in [0.2, 0.25) is 0 Å². The van der Waals surface area contributed by atoms with Crippen LogP contribution in [-0.4, -0.2) is 10.8 Å². The van der Waals surface area contributed by atoms with Gasteiger partial charge in [-0.15, -0.1) is 0 Å². The lowest BCUT2D eigenvalue weighted by molar-refractivity contribution is 0.998. The zero-order valence-electron chi connectivity index (χ0n) is 11.4. The molecule has 3 nitrogen and oxygen atoms in total. The first-order valence-corrected chi connectivity index (χ1v) is 7.73. The van der Waals surface area contributed by atoms with E-state index >= 15 is 0 Å². The van der Waals surface area contributed by atoms with Gasteiger partial charge in [-0.1, -0.05) is 58.4 Å². The molecule has 0 saturated carbocycles. The van der Waals surface area contributed by atoms with Gasteiger partial charge in [0.25, 0.3) is 0 Å². The van der Waals surface area contributed by atoms with E-state index in [0.717, 1.165) is 23.0 Å². The van der Waals surface area contributed by atoms with Crippen LogP contribution in [0.3, 0.4) is 0 Å². The molecular formula is C16H16BrN3S. The van der Waals surface area contributed by atoms with Gasteiger partial charge in [0.1, 0.15) is 0 Å². The molecule has 0 aliphatic rings. The minimum Gasteiger partial charge on any atom is -0.375 e. The maximum Gasteiger partial charge on any atom is 0.184 e. The van der Waals surface area contributed by atoms with Crippen molar-refractivity contribution in [1.29, 1.82) is 0 Å². The van der Waals surface area contributed by atoms with Crippen LogP contribution in [0.25, 0.3) is 0 Å². The molecule has 0 bridgehead atoms. The predicted octanol–water partition coefficient (Wildman–Crippen LogP) is 3.42. The van der Waals surface area contributed by atoms with Gasteiger partial charge < -0.3 is 5.73 Å². The Balaban J connectivity index is 2.16. The van der Waals surface area contributed by atoms with Gasteiger partial charge in [-0.2, -0.15) is 5.10 Å². The summed E-state index contributed by atoms with van der Waals surface area (Å²) < 4.78 is 1.06. The van der Waals surface area contributed by atoms with Gasteiger partial charge in [0, 0.05) is 23.0 Å². The van der Waals surface area contributed by atoms with Crippen LogP contribution in [0.1, 0.15) is 11.1 Å². The topological polar surface area (TPSA) is 50.4 Å². The predicted molar refractivity (Wildman–Crippen MR) is 95.3 cm³/mol. The highest BCUT2D eigenvalue weighted by molar-refractivity contribution is 9.10. The number of benzene rings is 2. The molecule has 2 rings (SSSR count). The van der Waals surface area contributed by atoms with Crippen LogP contribution < -0.4 is 11.2 Å². The van der Waals surface area contributed by atoms with E-state index in [-0.39, 0.29) is 5.11 Å². The highest BCUT2D eigenvalue weighted by Gasteiger charge is 2.05. The Kier molecular flexibility index (Phi) is 5.90. The SMILES string of the molecule is NC(=S)NN=C(Cc1ccccc1)Cc1cccc(Br)c1. The summed E-state index contributed by atoms with van der Waals surface area (Å²) in [4.78, 5) is 0. The zero-order chi connectivity index (χ0) is 15.1. The Hall–Kier alpha value is -1.72. The third-order valence-corrected chi connectivity index (χ3v) is 3.46. The lowest BCUT2D eigenvalue weighted by Crippen LogP contribution is -2.26. The van der Waals surface area contributed by atoms with Crippen molar-refractivity contribution in [2.75, 3.05) is 0 Å². The summed E-state index contributed by atoms with van der Waals surface area (Å²) in [5.41, 5.74) is 11.5. The maximum atomic E-state index is 5.46. The first-order valence-electron chi connectivity index (χ1n) is 6.53. The van der Waals surface area contributed by atoms with E-state index in [1.165, 1.54) is 11.1 Å². The fourth-order valence-electron chi connectivity index (χ4n) is 1.99. The summed E-state index contributed by atoms with van der Waals surface area (Å²) in [7, 11) is 0. The molecule has 5 heteroatoms. The highest BCUT2D eigenvalue weighted by atomic mass is 79.9. The number of thiocarbonyl (C=S) groups is 1. The maximum absolute atomic E-state index is 5.46. The van der Waals surface area contributed by atoms with Crippen LogP contribution in [0.15, 0.2) is 64.2 Å². The molecule has 0 amide bonds. The minimum atomic E-state index is 0.176. The van der Waals surface area contributed by atoms with Crippen molar-refractivity contribution in [1.82, 2.24) is 5.43 Å². The average molecular weight is 362 g/mol. The smallest absolute Gasteiger partial charge is 0.184 e. The van der Waals surface area contributed by atoms with Crippen LogP contribution in [-0.2, 0) is 12.8 Å². The van der Waals surface area contributed by atoms with E-state index < -0.39 is 0 Å². The largest absolute Gasteiger partial charge is 0.375 e. The number of hydrogen-bond donors (Lipinski definition) is 2. The Bertz CT molecular complexity index is 641. The number of hydrogen-bond acceptors (Lipinski definition) is 2. The van der Waals surface area contributed by atoms with Crippen molar-refractivity contribution >= 4 is 39.0 Å². The summed E-state index contributed by atoms with van der Waals surface area (Å²) in [5, 5.41) is 4.50. The fraction of sp³-hybridized carbons (Fsp3) is 0.125. The first-order chi connectivity index (χ1) is 10.1. The van der Waals surface area contributed by atoms with Crippen LogP contribution in [0.5, 0.6) is 0 Å². The molecule has 3 N–H and O–H groups in total. The standard InChI is InChI=1S/C16H16BrN3S/c17-14-8-4-7-13(9-14)11-15(19-20-16(18)21)10-12-5-2-1-3-6-12/h1-9H,10-11H2,(H3,18,20,21). The van der Waals surface area contributed by atoms with Crippen molar-refractivity contribution < 1.29 is 0 Å². The van der Waals surface area contributed by atoms with Crippen molar-refractivity contribution in [3.05, 3.63) is 70.2 Å². The van der Waals surface area contributed by atoms with Gasteiger partial charge in [0.15, 0.2) is 5.11 Å². The summed E-state index contributed by atoms with van der Waals surface area (Å²) >= 11 is 8.30. The van der Waals surface area contributed by atoms with Gasteiger partial charge >= 0.3 is 0 Å². The molecule has 2 aromatic carbocycles. The van der Waals surface area contributed by atoms with E-state index in [1.807, 2.05) is 30.3 Å². The Morgan fingerprint density at radius 3 is 2.38 bits per heavy atom. The van der Waals surface area contributed by atoms with Gasteiger partial charge in [0.05, 0.1) is 0 Å². The van der Waals surface area contributed by atoms with E-state index in [9.17, 15) is 0 Å². The quantitative estimate of drug-likeness (QED) is 0.487. The number of halogens is 1. The monoisotopic (exact) mass is 361 g/mol. The third-order valence-electron chi connectivity index (χ3n) is 2.87. The van der Waals surface area contributed by atoms with Crippen LogP contribution in [0, 0.1) is 0 Å². The molecule has 0 heterocycles. The second kappa shape index (κ2) is 7.90. The Morgan fingerprint density at radius 2 is 1.71 bits per heavy atom. The number of nitrogens with zero attached hydrogens (tertiary/aromatic N) is 1. The molecule has 108 valence electrons. The lowest BCUT2D eigenvalue weighted by atomic mass is 10.0. The lowest BCUT2D eigenvalue weighted by Gasteiger charge is -2.08. The normalized spacial score (nSPS) is 11.2. The minimum absolute atomic E-state index is 0.176. The van der Waals surface area contributed by atoms with E-state index in [1.54, 1.807) is 0 Å². The molecule has 21 heavy (non-hydrogen) atoms. The Labute approximate surface area is 138 Å². The molecule has 0 unspecified atom stereocenters. The fourth-order valence-corrected chi connectivity index (χ4v) is 2.48. The second-order valence-corrected chi connectivity index (χ2v) is 5.98. The van der Waals surface area contributed by atoms with E-state index in [2.05, 4.69) is 50.7 Å². The zero-order valence-corrected chi connectivity index (χ0v) is 13.8. The number of hydrazone groups is 1. The summed E-state index contributed by atoms with van der Waals surface area (Å²) in [6.07, 6.45) is 1.49. The Morgan fingerprint density at radius 1 is 1.05 bits per heavy atom. The van der Waals surface area contributed by atoms with Crippen LogP contribution in [0.4, 0.5) is 0 Å². The highest BCUT2D eigenvalue weighted by Crippen LogP contribution is 2.13. The number of nitrogens with one attached hydrogen (secondary N) is 1. The molecule has 0 saturated heterocycles. The van der Waals surface area contributed by atoms with Gasteiger partial charge in [-0.3, -0.25) is 5.43 Å². The molecule has 0 aliphatic carbocycles. The van der Waals surface area contributed by atoms with Crippen molar-refractivity contribution in [3.8, 4) is 0 Å². The molecular weight excluding hydrogens is 346 g/mol. The molecule has 0 radical (unpaired) electrons. The third kappa shape index (κ3) is 5.65. The molecule has 2 aromatic rings. The number of rotatable bonds is 5. The van der Waals surface area contributed by atoms with E-state index in [0.29, 0.717) is 0 Å². The summed E-state index contributed by atoms with van der Waals surface area (Å²) in [6, 6.07) is 18.4. The van der Waals surface area contributed by atoms with Crippen molar-refractivity contribution in [2.45, 2.75) is 12.8 Å². The molecule has 0 spiro atoms. The van der Waals surface area contributed by atoms with E-state index in [4.69, 9.17) is 18.0 Å². The summed E-state index contributed by atoms with van der Waals surface area (Å²) in [5.74, 6) is 0. The summed E-state index contributed by atoms with van der Waals surface area (Å²) in [6.45, 7) is 0.